The lowest BCUT2D eigenvalue weighted by molar-refractivity contribution is -0.137. The molecule has 0 unspecified atom stereocenters. The number of aliphatic hydroxyl groups is 1. The fourth-order valence-electron chi connectivity index (χ4n) is 2.61. The third-order valence-electron chi connectivity index (χ3n) is 3.72. The Labute approximate surface area is 114 Å². The number of carbonyl (C=O) groups excluding carboxylic acids is 1. The van der Waals surface area contributed by atoms with Gasteiger partial charge in [0.25, 0.3) is 5.91 Å². The summed E-state index contributed by atoms with van der Waals surface area (Å²) in [6.45, 7) is -0.257. The summed E-state index contributed by atoms with van der Waals surface area (Å²) in [4.78, 5) is 12.1. The quantitative estimate of drug-likeness (QED) is 0.898. The fraction of sp³-hybridized carbons (Fsp3) is 0.500. The van der Waals surface area contributed by atoms with Crippen molar-refractivity contribution >= 4 is 5.91 Å². The van der Waals surface area contributed by atoms with E-state index in [1.165, 1.54) is 12.1 Å². The van der Waals surface area contributed by atoms with Gasteiger partial charge < -0.3 is 10.4 Å². The van der Waals surface area contributed by atoms with Gasteiger partial charge in [-0.15, -0.1) is 0 Å². The lowest BCUT2D eigenvalue weighted by Gasteiger charge is -2.28. The molecule has 1 aliphatic carbocycles. The molecular formula is C14H16F3NO2. The lowest BCUT2D eigenvalue weighted by Crippen LogP contribution is -2.49. The van der Waals surface area contributed by atoms with Crippen LogP contribution >= 0.6 is 0 Å². The number of aliphatic hydroxyl groups excluding tert-OH is 1. The van der Waals surface area contributed by atoms with Crippen LogP contribution < -0.4 is 5.32 Å². The molecule has 1 amide bonds. The summed E-state index contributed by atoms with van der Waals surface area (Å²) in [5.74, 6) is -0.783. The second-order valence-electron chi connectivity index (χ2n) is 5.14. The van der Waals surface area contributed by atoms with Crippen LogP contribution in [0.5, 0.6) is 0 Å². The second kappa shape index (κ2) is 5.44. The molecule has 1 aromatic rings. The summed E-state index contributed by atoms with van der Waals surface area (Å²) in [6.07, 6.45) is -1.70. The summed E-state index contributed by atoms with van der Waals surface area (Å²) in [5.41, 5.74) is -2.14. The molecule has 1 aliphatic rings. The molecule has 2 rings (SSSR count). The van der Waals surface area contributed by atoms with Crippen molar-refractivity contribution in [1.29, 1.82) is 0 Å². The standard InChI is InChI=1S/C14H16F3NO2/c15-14(16,17)11-6-2-1-5-10(11)12(20)18-13(9-19)7-3-4-8-13/h1-2,5-6,19H,3-4,7-9H2,(H,18,20). The minimum absolute atomic E-state index is 0.257. The van der Waals surface area contributed by atoms with Gasteiger partial charge >= 0.3 is 6.18 Å². The Bertz CT molecular complexity index is 493. The van der Waals surface area contributed by atoms with Crippen LogP contribution in [0.15, 0.2) is 24.3 Å². The van der Waals surface area contributed by atoms with Crippen LogP contribution in [-0.4, -0.2) is 23.2 Å². The predicted octanol–water partition coefficient (Wildman–Crippen LogP) is 2.74. The summed E-state index contributed by atoms with van der Waals surface area (Å²) in [5, 5.41) is 12.0. The van der Waals surface area contributed by atoms with Gasteiger partial charge in [0, 0.05) is 0 Å². The van der Waals surface area contributed by atoms with Crippen molar-refractivity contribution in [1.82, 2.24) is 5.32 Å². The maximum atomic E-state index is 12.9. The molecule has 0 bridgehead atoms. The smallest absolute Gasteiger partial charge is 0.394 e. The summed E-state index contributed by atoms with van der Waals surface area (Å²) < 4.78 is 38.6. The van der Waals surface area contributed by atoms with Crippen molar-refractivity contribution in [2.75, 3.05) is 6.61 Å². The molecule has 0 aliphatic heterocycles. The van der Waals surface area contributed by atoms with Gasteiger partial charge in [-0.25, -0.2) is 0 Å². The molecule has 2 N–H and O–H groups in total. The van der Waals surface area contributed by atoms with Crippen molar-refractivity contribution in [3.05, 3.63) is 35.4 Å². The molecule has 0 atom stereocenters. The Morgan fingerprint density at radius 1 is 1.25 bits per heavy atom. The van der Waals surface area contributed by atoms with E-state index in [-0.39, 0.29) is 6.61 Å². The number of benzene rings is 1. The van der Waals surface area contributed by atoms with Gasteiger partial charge in [0.15, 0.2) is 0 Å². The molecule has 1 saturated carbocycles. The molecule has 1 aromatic carbocycles. The highest BCUT2D eigenvalue weighted by atomic mass is 19.4. The number of carbonyl (C=O) groups is 1. The zero-order valence-electron chi connectivity index (χ0n) is 10.8. The summed E-state index contributed by atoms with van der Waals surface area (Å²) in [6, 6.07) is 4.68. The van der Waals surface area contributed by atoms with Crippen LogP contribution in [0, 0.1) is 0 Å². The Kier molecular flexibility index (Phi) is 4.04. The van der Waals surface area contributed by atoms with E-state index in [1.807, 2.05) is 0 Å². The minimum Gasteiger partial charge on any atom is -0.394 e. The van der Waals surface area contributed by atoms with E-state index in [0.29, 0.717) is 12.8 Å². The first-order valence-corrected chi connectivity index (χ1v) is 6.48. The van der Waals surface area contributed by atoms with Crippen molar-refractivity contribution in [2.45, 2.75) is 37.4 Å². The monoisotopic (exact) mass is 287 g/mol. The van der Waals surface area contributed by atoms with Gasteiger partial charge in [-0.1, -0.05) is 25.0 Å². The molecule has 0 saturated heterocycles. The maximum Gasteiger partial charge on any atom is 0.417 e. The number of hydrogen-bond acceptors (Lipinski definition) is 2. The molecule has 0 radical (unpaired) electrons. The average Bonchev–Trinajstić information content (AvgIpc) is 2.87. The topological polar surface area (TPSA) is 49.3 Å². The van der Waals surface area contributed by atoms with E-state index in [9.17, 15) is 23.1 Å². The number of nitrogens with one attached hydrogen (secondary N) is 1. The first kappa shape index (κ1) is 14.8. The molecule has 1 fully saturated rings. The molecule has 20 heavy (non-hydrogen) atoms. The summed E-state index contributed by atoms with van der Waals surface area (Å²) >= 11 is 0. The first-order chi connectivity index (χ1) is 9.38. The van der Waals surface area contributed by atoms with Crippen LogP contribution in [-0.2, 0) is 6.18 Å². The van der Waals surface area contributed by atoms with Gasteiger partial charge in [-0.05, 0) is 25.0 Å². The number of amides is 1. The van der Waals surface area contributed by atoms with E-state index in [0.717, 1.165) is 25.0 Å². The van der Waals surface area contributed by atoms with Crippen LogP contribution in [0.4, 0.5) is 13.2 Å². The van der Waals surface area contributed by atoms with Gasteiger partial charge in [0.05, 0.1) is 23.3 Å². The van der Waals surface area contributed by atoms with Crippen molar-refractivity contribution in [3.63, 3.8) is 0 Å². The third kappa shape index (κ3) is 2.95. The van der Waals surface area contributed by atoms with Crippen LogP contribution in [0.1, 0.15) is 41.6 Å². The molecule has 0 heterocycles. The lowest BCUT2D eigenvalue weighted by atomic mass is 9.97. The molecular weight excluding hydrogens is 271 g/mol. The molecule has 110 valence electrons. The van der Waals surface area contributed by atoms with E-state index in [4.69, 9.17) is 0 Å². The average molecular weight is 287 g/mol. The van der Waals surface area contributed by atoms with E-state index in [1.54, 1.807) is 0 Å². The number of rotatable bonds is 3. The molecule has 3 nitrogen and oxygen atoms in total. The highest BCUT2D eigenvalue weighted by molar-refractivity contribution is 5.96. The van der Waals surface area contributed by atoms with Crippen molar-refractivity contribution < 1.29 is 23.1 Å². The second-order valence-corrected chi connectivity index (χ2v) is 5.14. The number of alkyl halides is 3. The summed E-state index contributed by atoms with van der Waals surface area (Å²) in [7, 11) is 0. The van der Waals surface area contributed by atoms with Gasteiger partial charge in [-0.2, -0.15) is 13.2 Å². The van der Waals surface area contributed by atoms with Crippen LogP contribution in [0.3, 0.4) is 0 Å². The molecule has 0 aromatic heterocycles. The predicted molar refractivity (Wildman–Crippen MR) is 67.2 cm³/mol. The van der Waals surface area contributed by atoms with E-state index in [2.05, 4.69) is 5.32 Å². The number of halogens is 3. The molecule has 0 spiro atoms. The van der Waals surface area contributed by atoms with E-state index >= 15 is 0 Å². The van der Waals surface area contributed by atoms with Crippen molar-refractivity contribution in [2.24, 2.45) is 0 Å². The highest BCUT2D eigenvalue weighted by Crippen LogP contribution is 2.33. The van der Waals surface area contributed by atoms with Crippen LogP contribution in [0.25, 0.3) is 0 Å². The zero-order valence-corrected chi connectivity index (χ0v) is 10.8. The van der Waals surface area contributed by atoms with Crippen molar-refractivity contribution in [3.8, 4) is 0 Å². The van der Waals surface area contributed by atoms with Gasteiger partial charge in [0.2, 0.25) is 0 Å². The third-order valence-corrected chi connectivity index (χ3v) is 3.72. The minimum atomic E-state index is -4.57. The Balaban J connectivity index is 2.26. The Morgan fingerprint density at radius 2 is 1.85 bits per heavy atom. The normalized spacial score (nSPS) is 18.0. The van der Waals surface area contributed by atoms with Crippen LogP contribution in [0.2, 0.25) is 0 Å². The van der Waals surface area contributed by atoms with Gasteiger partial charge in [0.1, 0.15) is 0 Å². The molecule has 6 heteroatoms. The van der Waals surface area contributed by atoms with E-state index < -0.39 is 28.7 Å². The maximum absolute atomic E-state index is 12.9. The highest BCUT2D eigenvalue weighted by Gasteiger charge is 2.38. The fourth-order valence-corrected chi connectivity index (χ4v) is 2.61. The zero-order chi connectivity index (χ0) is 14.8. The SMILES string of the molecule is O=C(NC1(CO)CCCC1)c1ccccc1C(F)(F)F. The Morgan fingerprint density at radius 3 is 2.40 bits per heavy atom. The largest absolute Gasteiger partial charge is 0.417 e. The van der Waals surface area contributed by atoms with Gasteiger partial charge in [-0.3, -0.25) is 4.79 Å². The number of hydrogen-bond donors (Lipinski definition) is 2. The first-order valence-electron chi connectivity index (χ1n) is 6.48. The Hall–Kier alpha value is -1.56.